The van der Waals surface area contributed by atoms with Crippen LogP contribution in [0.3, 0.4) is 0 Å². The summed E-state index contributed by atoms with van der Waals surface area (Å²) in [6.45, 7) is 1.73. The minimum atomic E-state index is -1.17. The van der Waals surface area contributed by atoms with Gasteiger partial charge in [-0.3, -0.25) is 19.0 Å². The van der Waals surface area contributed by atoms with Gasteiger partial charge in [0.05, 0.1) is 18.9 Å². The van der Waals surface area contributed by atoms with Crippen LogP contribution in [-0.2, 0) is 4.79 Å². The number of aromatic carboxylic acids is 1. The van der Waals surface area contributed by atoms with Gasteiger partial charge in [-0.25, -0.2) is 4.79 Å². The molecule has 0 spiro atoms. The summed E-state index contributed by atoms with van der Waals surface area (Å²) in [5.74, 6) is -1.64. The lowest BCUT2D eigenvalue weighted by Crippen LogP contribution is -2.34. The number of methoxy groups -OCH3 is 1. The first-order valence-electron chi connectivity index (χ1n) is 12.3. The van der Waals surface area contributed by atoms with Crippen molar-refractivity contribution in [3.05, 3.63) is 93.5 Å². The van der Waals surface area contributed by atoms with Crippen molar-refractivity contribution >= 4 is 40.7 Å². The van der Waals surface area contributed by atoms with Crippen molar-refractivity contribution in [2.75, 3.05) is 19.5 Å². The number of anilines is 1. The predicted molar refractivity (Wildman–Crippen MR) is 154 cm³/mol. The minimum absolute atomic E-state index is 0.0482. The summed E-state index contributed by atoms with van der Waals surface area (Å²) < 4.78 is 6.74. The second-order valence-corrected chi connectivity index (χ2v) is 9.14. The number of hydrogen-bond donors (Lipinski definition) is 4. The SMILES string of the molecule is CCC(=O)c1ccc(Cl)cc1-c1cc(=O)n(C(CC(=N)/C=C\NC)C(=O)Nc2ccc(C(=O)O)cc2)cc1OC. The van der Waals surface area contributed by atoms with Gasteiger partial charge in [0, 0.05) is 53.5 Å². The number of ether oxygens (including phenoxy) is 1. The maximum Gasteiger partial charge on any atom is 0.335 e. The van der Waals surface area contributed by atoms with Gasteiger partial charge in [0.2, 0.25) is 5.91 Å². The summed E-state index contributed by atoms with van der Waals surface area (Å²) >= 11 is 6.22. The largest absolute Gasteiger partial charge is 0.495 e. The van der Waals surface area contributed by atoms with Gasteiger partial charge >= 0.3 is 5.97 Å². The van der Waals surface area contributed by atoms with E-state index >= 15 is 0 Å². The minimum Gasteiger partial charge on any atom is -0.495 e. The molecule has 10 nitrogen and oxygen atoms in total. The van der Waals surface area contributed by atoms with Gasteiger partial charge in [-0.2, -0.15) is 0 Å². The maximum atomic E-state index is 13.5. The van der Waals surface area contributed by atoms with Crippen molar-refractivity contribution in [1.29, 1.82) is 5.41 Å². The number of ketones is 1. The van der Waals surface area contributed by atoms with E-state index in [-0.39, 0.29) is 35.6 Å². The normalized spacial score (nSPS) is 11.6. The monoisotopic (exact) mass is 564 g/mol. The van der Waals surface area contributed by atoms with Gasteiger partial charge in [-0.1, -0.05) is 18.5 Å². The number of amides is 1. The highest BCUT2D eigenvalue weighted by Crippen LogP contribution is 2.34. The van der Waals surface area contributed by atoms with Crippen molar-refractivity contribution in [2.24, 2.45) is 0 Å². The Morgan fingerprint density at radius 2 is 1.82 bits per heavy atom. The average Bonchev–Trinajstić information content (AvgIpc) is 2.94. The lowest BCUT2D eigenvalue weighted by atomic mass is 9.96. The molecule has 0 aliphatic carbocycles. The third-order valence-electron chi connectivity index (χ3n) is 6.06. The number of hydrogen-bond acceptors (Lipinski definition) is 7. The van der Waals surface area contributed by atoms with Crippen molar-refractivity contribution in [3.63, 3.8) is 0 Å². The molecule has 0 fully saturated rings. The van der Waals surface area contributed by atoms with E-state index in [0.29, 0.717) is 27.4 Å². The summed E-state index contributed by atoms with van der Waals surface area (Å²) in [7, 11) is 3.06. The zero-order valence-corrected chi connectivity index (χ0v) is 22.9. The molecule has 40 heavy (non-hydrogen) atoms. The van der Waals surface area contributed by atoms with Crippen LogP contribution in [0.2, 0.25) is 5.02 Å². The van der Waals surface area contributed by atoms with Crippen LogP contribution in [0.4, 0.5) is 5.69 Å². The summed E-state index contributed by atoms with van der Waals surface area (Å²) in [6.07, 6.45) is 4.46. The van der Waals surface area contributed by atoms with Gasteiger partial charge in [-0.15, -0.1) is 0 Å². The smallest absolute Gasteiger partial charge is 0.335 e. The number of rotatable bonds is 12. The third-order valence-corrected chi connectivity index (χ3v) is 6.29. The molecule has 0 saturated heterocycles. The Morgan fingerprint density at radius 3 is 2.42 bits per heavy atom. The summed E-state index contributed by atoms with van der Waals surface area (Å²) in [4.78, 5) is 50.7. The van der Waals surface area contributed by atoms with Gasteiger partial charge < -0.3 is 25.9 Å². The predicted octanol–water partition coefficient (Wildman–Crippen LogP) is 4.79. The molecule has 1 amide bonds. The Balaban J connectivity index is 2.10. The molecule has 0 saturated carbocycles. The van der Waals surface area contributed by atoms with Crippen LogP contribution in [0.1, 0.15) is 46.5 Å². The Labute approximate surface area is 235 Å². The number of allylic oxidation sites excluding steroid dienone is 1. The standard InChI is InChI=1S/C29H29ClN4O6/c1-4-25(35)21-10-7-18(30)13-22(21)23-15-27(36)34(16-26(23)40-3)24(14-19(31)11-12-32-2)28(37)33-20-8-5-17(6-9-20)29(38)39/h5-13,15-16,24,31-32H,4,14H2,1-3H3,(H,33,37)(H,38,39)/b12-11-,31-19?. The molecule has 1 atom stereocenters. The van der Waals surface area contributed by atoms with E-state index in [0.717, 1.165) is 4.57 Å². The van der Waals surface area contributed by atoms with Crippen molar-refractivity contribution in [1.82, 2.24) is 9.88 Å². The molecule has 3 aromatic rings. The Kier molecular flexibility index (Phi) is 9.99. The number of carbonyl (C=O) groups is 3. The average molecular weight is 565 g/mol. The van der Waals surface area contributed by atoms with Crippen LogP contribution in [0, 0.1) is 5.41 Å². The van der Waals surface area contributed by atoms with E-state index in [1.165, 1.54) is 55.9 Å². The zero-order valence-electron chi connectivity index (χ0n) is 22.2. The first-order chi connectivity index (χ1) is 19.1. The molecule has 0 aliphatic heterocycles. The number of aromatic nitrogens is 1. The number of carboxylic acids is 1. The number of benzene rings is 2. The number of nitrogens with zero attached hydrogens (tertiary/aromatic N) is 1. The molecule has 4 N–H and O–H groups in total. The zero-order chi connectivity index (χ0) is 29.4. The Morgan fingerprint density at radius 1 is 1.12 bits per heavy atom. The fourth-order valence-electron chi connectivity index (χ4n) is 4.02. The first kappa shape index (κ1) is 29.9. The van der Waals surface area contributed by atoms with Crippen molar-refractivity contribution < 1.29 is 24.2 Å². The molecule has 0 bridgehead atoms. The summed E-state index contributed by atoms with van der Waals surface area (Å²) in [6, 6.07) is 10.4. The molecule has 2 aromatic carbocycles. The van der Waals surface area contributed by atoms with Gasteiger partial charge in [0.25, 0.3) is 5.56 Å². The van der Waals surface area contributed by atoms with Crippen LogP contribution < -0.4 is 20.9 Å². The number of nitrogens with one attached hydrogen (secondary N) is 3. The van der Waals surface area contributed by atoms with Crippen LogP contribution in [0.5, 0.6) is 5.75 Å². The highest BCUT2D eigenvalue weighted by atomic mass is 35.5. The molecule has 1 aromatic heterocycles. The molecule has 1 heterocycles. The molecule has 3 rings (SSSR count). The number of Topliss-reactive ketones (excluding diaryl/α,β-unsaturated/α-hetero) is 1. The van der Waals surface area contributed by atoms with E-state index < -0.39 is 23.5 Å². The van der Waals surface area contributed by atoms with Gasteiger partial charge in [0.1, 0.15) is 11.8 Å². The van der Waals surface area contributed by atoms with Crippen LogP contribution >= 0.6 is 11.6 Å². The Hall–Kier alpha value is -4.70. The molecular weight excluding hydrogens is 536 g/mol. The highest BCUT2D eigenvalue weighted by Gasteiger charge is 2.26. The van der Waals surface area contributed by atoms with Crippen LogP contribution in [0.15, 0.2) is 71.8 Å². The first-order valence-corrected chi connectivity index (χ1v) is 12.7. The second-order valence-electron chi connectivity index (χ2n) is 8.71. The topological polar surface area (TPSA) is 151 Å². The van der Waals surface area contributed by atoms with E-state index in [9.17, 15) is 19.2 Å². The molecule has 0 aliphatic rings. The third kappa shape index (κ3) is 7.03. The molecule has 11 heteroatoms. The summed E-state index contributed by atoms with van der Waals surface area (Å²) in [5.41, 5.74) is 0.984. The fourth-order valence-corrected chi connectivity index (χ4v) is 4.19. The van der Waals surface area contributed by atoms with E-state index in [1.807, 2.05) is 0 Å². The van der Waals surface area contributed by atoms with Gasteiger partial charge in [0.15, 0.2) is 5.78 Å². The Bertz CT molecular complexity index is 1530. The quantitative estimate of drug-likeness (QED) is 0.182. The fraction of sp³-hybridized carbons (Fsp3) is 0.207. The van der Waals surface area contributed by atoms with E-state index in [2.05, 4.69) is 10.6 Å². The van der Waals surface area contributed by atoms with Crippen molar-refractivity contribution in [2.45, 2.75) is 25.8 Å². The maximum absolute atomic E-state index is 13.5. The van der Waals surface area contributed by atoms with Crippen molar-refractivity contribution in [3.8, 4) is 16.9 Å². The molecule has 208 valence electrons. The number of halogens is 1. The van der Waals surface area contributed by atoms with E-state index in [1.54, 1.807) is 32.2 Å². The van der Waals surface area contributed by atoms with Crippen LogP contribution in [-0.4, -0.2) is 47.2 Å². The van der Waals surface area contributed by atoms with E-state index in [4.69, 9.17) is 26.9 Å². The summed E-state index contributed by atoms with van der Waals surface area (Å²) in [5, 5.41) is 23.3. The lowest BCUT2D eigenvalue weighted by Gasteiger charge is -2.21. The second kappa shape index (κ2) is 13.4. The lowest BCUT2D eigenvalue weighted by molar-refractivity contribution is -0.119. The number of carbonyl (C=O) groups excluding carboxylic acids is 2. The highest BCUT2D eigenvalue weighted by molar-refractivity contribution is 6.31. The van der Waals surface area contributed by atoms with Crippen LogP contribution in [0.25, 0.3) is 11.1 Å². The molecular formula is C29H29ClN4O6. The molecule has 0 radical (unpaired) electrons. The van der Waals surface area contributed by atoms with Gasteiger partial charge in [-0.05, 0) is 60.3 Å². The number of pyridine rings is 1. The number of carboxylic acid groups (broad SMARTS) is 1. The molecule has 1 unspecified atom stereocenters.